The average molecular weight is 236 g/mol. The molecule has 0 unspecified atom stereocenters. The molecule has 16 heavy (non-hydrogen) atoms. The molecule has 0 radical (unpaired) electrons. The van der Waals surface area contributed by atoms with Gasteiger partial charge in [0.15, 0.2) is 0 Å². The summed E-state index contributed by atoms with van der Waals surface area (Å²) in [6, 6.07) is 10.2. The standard InChI is InChI=1S/C13H16O2S/c1-9(2)12-11(13(14)15-12)8-16-10-6-4-3-5-7-10/h3-7,9,11-12H,8H2,1-2H3/t11-,12-/m1/s1. The lowest BCUT2D eigenvalue weighted by Gasteiger charge is -2.37. The van der Waals surface area contributed by atoms with Crippen LogP contribution in [0.15, 0.2) is 35.2 Å². The normalized spacial score (nSPS) is 24.1. The Hall–Kier alpha value is -0.960. The van der Waals surface area contributed by atoms with Gasteiger partial charge in [0.1, 0.15) is 12.0 Å². The Bertz CT molecular complexity index is 361. The third-order valence-electron chi connectivity index (χ3n) is 2.78. The Morgan fingerprint density at radius 1 is 1.31 bits per heavy atom. The van der Waals surface area contributed by atoms with Gasteiger partial charge in [0.2, 0.25) is 0 Å². The first-order valence-corrected chi connectivity index (χ1v) is 6.55. The minimum Gasteiger partial charge on any atom is -0.461 e. The summed E-state index contributed by atoms with van der Waals surface area (Å²) >= 11 is 1.73. The third-order valence-corrected chi connectivity index (χ3v) is 3.91. The van der Waals surface area contributed by atoms with E-state index in [0.717, 1.165) is 5.75 Å². The number of benzene rings is 1. The van der Waals surface area contributed by atoms with Crippen LogP contribution in [0.3, 0.4) is 0 Å². The van der Waals surface area contributed by atoms with E-state index in [1.165, 1.54) is 4.90 Å². The molecule has 86 valence electrons. The molecule has 1 heterocycles. The monoisotopic (exact) mass is 236 g/mol. The minimum absolute atomic E-state index is 0.0397. The van der Waals surface area contributed by atoms with Crippen LogP contribution in [0.1, 0.15) is 13.8 Å². The van der Waals surface area contributed by atoms with E-state index in [1.54, 1.807) is 11.8 Å². The van der Waals surface area contributed by atoms with Crippen molar-refractivity contribution in [3.05, 3.63) is 30.3 Å². The van der Waals surface area contributed by atoms with Crippen molar-refractivity contribution in [2.75, 3.05) is 5.75 Å². The van der Waals surface area contributed by atoms with Crippen LogP contribution < -0.4 is 0 Å². The molecule has 0 spiro atoms. The fraction of sp³-hybridized carbons (Fsp3) is 0.462. The zero-order chi connectivity index (χ0) is 11.5. The Morgan fingerprint density at radius 3 is 2.56 bits per heavy atom. The maximum absolute atomic E-state index is 11.3. The Labute approximate surface area is 100 Å². The molecule has 0 N–H and O–H groups in total. The van der Waals surface area contributed by atoms with Crippen molar-refractivity contribution in [3.8, 4) is 0 Å². The van der Waals surface area contributed by atoms with Crippen molar-refractivity contribution in [3.63, 3.8) is 0 Å². The van der Waals surface area contributed by atoms with Gasteiger partial charge in [-0.05, 0) is 18.1 Å². The van der Waals surface area contributed by atoms with Gasteiger partial charge in [-0.1, -0.05) is 32.0 Å². The highest BCUT2D eigenvalue weighted by Crippen LogP contribution is 2.33. The molecule has 1 aromatic carbocycles. The molecule has 0 aromatic heterocycles. The summed E-state index contributed by atoms with van der Waals surface area (Å²) in [7, 11) is 0. The van der Waals surface area contributed by atoms with Crippen LogP contribution in [0.25, 0.3) is 0 Å². The van der Waals surface area contributed by atoms with E-state index >= 15 is 0 Å². The first kappa shape index (κ1) is 11.5. The number of rotatable bonds is 4. The number of carbonyl (C=O) groups is 1. The van der Waals surface area contributed by atoms with Crippen molar-refractivity contribution in [2.24, 2.45) is 11.8 Å². The largest absolute Gasteiger partial charge is 0.461 e. The van der Waals surface area contributed by atoms with E-state index in [1.807, 2.05) is 18.2 Å². The van der Waals surface area contributed by atoms with Crippen LogP contribution in [0.2, 0.25) is 0 Å². The highest BCUT2D eigenvalue weighted by Gasteiger charge is 2.43. The van der Waals surface area contributed by atoms with E-state index in [4.69, 9.17) is 4.74 Å². The van der Waals surface area contributed by atoms with Crippen LogP contribution in [0, 0.1) is 11.8 Å². The molecule has 2 nitrogen and oxygen atoms in total. The molecule has 1 aliphatic rings. The van der Waals surface area contributed by atoms with Gasteiger partial charge in [0.05, 0.1) is 0 Å². The second kappa shape index (κ2) is 4.91. The zero-order valence-corrected chi connectivity index (χ0v) is 10.4. The molecule has 1 aromatic rings. The molecule has 1 fully saturated rings. The smallest absolute Gasteiger partial charge is 0.313 e. The molecule has 3 heteroatoms. The van der Waals surface area contributed by atoms with E-state index in [-0.39, 0.29) is 18.0 Å². The van der Waals surface area contributed by atoms with Crippen molar-refractivity contribution < 1.29 is 9.53 Å². The van der Waals surface area contributed by atoms with Crippen LogP contribution in [-0.2, 0) is 9.53 Å². The quantitative estimate of drug-likeness (QED) is 0.594. The van der Waals surface area contributed by atoms with E-state index < -0.39 is 0 Å². The summed E-state index contributed by atoms with van der Waals surface area (Å²) in [5.74, 6) is 1.28. The second-order valence-corrected chi connectivity index (χ2v) is 5.47. The van der Waals surface area contributed by atoms with Gasteiger partial charge < -0.3 is 4.74 Å². The summed E-state index contributed by atoms with van der Waals surface area (Å²) in [5.41, 5.74) is 0. The van der Waals surface area contributed by atoms with Crippen LogP contribution in [-0.4, -0.2) is 17.8 Å². The number of hydrogen-bond donors (Lipinski definition) is 0. The minimum atomic E-state index is -0.0397. The lowest BCUT2D eigenvalue weighted by Crippen LogP contribution is -2.49. The van der Waals surface area contributed by atoms with Gasteiger partial charge in [0, 0.05) is 10.6 Å². The summed E-state index contributed by atoms with van der Waals surface area (Å²) in [6.07, 6.45) is 0.115. The van der Waals surface area contributed by atoms with Gasteiger partial charge in [-0.2, -0.15) is 0 Å². The predicted octanol–water partition coefficient (Wildman–Crippen LogP) is 2.98. The molecule has 2 atom stereocenters. The van der Waals surface area contributed by atoms with Crippen molar-refractivity contribution in [2.45, 2.75) is 24.8 Å². The summed E-state index contributed by atoms with van der Waals surface area (Å²) in [4.78, 5) is 12.5. The van der Waals surface area contributed by atoms with Crippen molar-refractivity contribution in [1.82, 2.24) is 0 Å². The summed E-state index contributed by atoms with van der Waals surface area (Å²) in [6.45, 7) is 4.19. The summed E-state index contributed by atoms with van der Waals surface area (Å²) < 4.78 is 5.15. The third kappa shape index (κ3) is 2.40. The second-order valence-electron chi connectivity index (χ2n) is 4.38. The van der Waals surface area contributed by atoms with Crippen LogP contribution in [0.5, 0.6) is 0 Å². The number of thioether (sulfide) groups is 1. The highest BCUT2D eigenvalue weighted by molar-refractivity contribution is 7.99. The number of ether oxygens (including phenoxy) is 1. The number of cyclic esters (lactones) is 1. The first-order chi connectivity index (χ1) is 7.68. The molecule has 2 rings (SSSR count). The Morgan fingerprint density at radius 2 is 2.00 bits per heavy atom. The fourth-order valence-corrected chi connectivity index (χ4v) is 2.88. The lowest BCUT2D eigenvalue weighted by atomic mass is 9.90. The molecule has 0 saturated carbocycles. The van der Waals surface area contributed by atoms with Crippen molar-refractivity contribution >= 4 is 17.7 Å². The van der Waals surface area contributed by atoms with E-state index in [2.05, 4.69) is 26.0 Å². The summed E-state index contributed by atoms with van der Waals surface area (Å²) in [5, 5.41) is 0. The fourth-order valence-electron chi connectivity index (χ4n) is 1.83. The molecule has 0 aliphatic carbocycles. The topological polar surface area (TPSA) is 26.3 Å². The Kier molecular flexibility index (Phi) is 3.54. The molecule has 0 amide bonds. The molecule has 1 aliphatic heterocycles. The molecular formula is C13H16O2S. The van der Waals surface area contributed by atoms with E-state index in [9.17, 15) is 4.79 Å². The van der Waals surface area contributed by atoms with Gasteiger partial charge in [-0.15, -0.1) is 11.8 Å². The molecular weight excluding hydrogens is 220 g/mol. The van der Waals surface area contributed by atoms with Gasteiger partial charge in [-0.3, -0.25) is 4.79 Å². The lowest BCUT2D eigenvalue weighted by molar-refractivity contribution is -0.187. The average Bonchev–Trinajstić information content (AvgIpc) is 2.27. The molecule has 0 bridgehead atoms. The zero-order valence-electron chi connectivity index (χ0n) is 9.55. The van der Waals surface area contributed by atoms with Gasteiger partial charge in [0.25, 0.3) is 0 Å². The number of esters is 1. The van der Waals surface area contributed by atoms with E-state index in [0.29, 0.717) is 5.92 Å². The predicted molar refractivity (Wildman–Crippen MR) is 65.4 cm³/mol. The first-order valence-electron chi connectivity index (χ1n) is 5.57. The van der Waals surface area contributed by atoms with Crippen molar-refractivity contribution in [1.29, 1.82) is 0 Å². The SMILES string of the molecule is CC(C)[C@H]1OC(=O)[C@@H]1CSc1ccccc1. The van der Waals surface area contributed by atoms with Gasteiger partial charge >= 0.3 is 5.97 Å². The maximum atomic E-state index is 11.3. The molecule has 1 saturated heterocycles. The van der Waals surface area contributed by atoms with Crippen LogP contribution >= 0.6 is 11.8 Å². The maximum Gasteiger partial charge on any atom is 0.313 e. The van der Waals surface area contributed by atoms with Crippen LogP contribution in [0.4, 0.5) is 0 Å². The number of carbonyl (C=O) groups excluding carboxylic acids is 1. The van der Waals surface area contributed by atoms with Gasteiger partial charge in [-0.25, -0.2) is 0 Å². The Balaban J connectivity index is 1.88. The highest BCUT2D eigenvalue weighted by atomic mass is 32.2. The number of hydrogen-bond acceptors (Lipinski definition) is 3.